The summed E-state index contributed by atoms with van der Waals surface area (Å²) < 4.78 is 1.37. The Morgan fingerprint density at radius 1 is 1.47 bits per heavy atom. The lowest BCUT2D eigenvalue weighted by Gasteiger charge is -2.16. The van der Waals surface area contributed by atoms with Gasteiger partial charge >= 0.3 is 10.8 Å². The van der Waals surface area contributed by atoms with Gasteiger partial charge in [-0.2, -0.15) is 0 Å². The SMILES string of the molecule is Cc1csc(=O)n1CC(=O)NCC(C(=O)O)C(C)C. The number of aryl methyl sites for hydroxylation is 1. The van der Waals surface area contributed by atoms with Crippen molar-refractivity contribution in [1.82, 2.24) is 9.88 Å². The first kappa shape index (κ1) is 15.4. The van der Waals surface area contributed by atoms with Crippen LogP contribution in [0.5, 0.6) is 0 Å². The highest BCUT2D eigenvalue weighted by molar-refractivity contribution is 7.07. The Kier molecular flexibility index (Phi) is 5.29. The van der Waals surface area contributed by atoms with Crippen LogP contribution in [0.25, 0.3) is 0 Å². The molecule has 2 N–H and O–H groups in total. The van der Waals surface area contributed by atoms with Gasteiger partial charge < -0.3 is 10.4 Å². The van der Waals surface area contributed by atoms with Crippen molar-refractivity contribution in [1.29, 1.82) is 0 Å². The largest absolute Gasteiger partial charge is 0.481 e. The van der Waals surface area contributed by atoms with Crippen LogP contribution in [0, 0.1) is 18.8 Å². The van der Waals surface area contributed by atoms with E-state index in [0.29, 0.717) is 0 Å². The number of thiazole rings is 1. The molecule has 1 atom stereocenters. The molecule has 0 aliphatic carbocycles. The van der Waals surface area contributed by atoms with Crippen molar-refractivity contribution in [3.8, 4) is 0 Å². The number of amides is 1. The second-order valence-corrected chi connectivity index (χ2v) is 5.54. The number of nitrogens with one attached hydrogen (secondary N) is 1. The number of carboxylic acids is 1. The predicted molar refractivity (Wildman–Crippen MR) is 72.3 cm³/mol. The molecular formula is C12H18N2O4S. The molecule has 1 unspecified atom stereocenters. The van der Waals surface area contributed by atoms with Gasteiger partial charge in [0, 0.05) is 17.6 Å². The number of aliphatic carboxylic acids is 1. The number of carbonyl (C=O) groups excluding carboxylic acids is 1. The molecule has 1 rings (SSSR count). The lowest BCUT2D eigenvalue weighted by Crippen LogP contribution is -2.38. The van der Waals surface area contributed by atoms with Crippen molar-refractivity contribution < 1.29 is 14.7 Å². The molecule has 0 saturated heterocycles. The zero-order valence-corrected chi connectivity index (χ0v) is 12.0. The lowest BCUT2D eigenvalue weighted by atomic mass is 9.96. The third kappa shape index (κ3) is 4.20. The maximum atomic E-state index is 11.7. The number of aromatic nitrogens is 1. The molecule has 0 radical (unpaired) electrons. The third-order valence-electron chi connectivity index (χ3n) is 2.92. The summed E-state index contributed by atoms with van der Waals surface area (Å²) in [4.78, 5) is 33.9. The van der Waals surface area contributed by atoms with E-state index in [2.05, 4.69) is 5.32 Å². The lowest BCUT2D eigenvalue weighted by molar-refractivity contribution is -0.143. The molecule has 1 amide bonds. The Morgan fingerprint density at radius 3 is 2.53 bits per heavy atom. The normalized spacial score (nSPS) is 12.4. The molecule has 0 fully saturated rings. The van der Waals surface area contributed by atoms with Crippen molar-refractivity contribution in [3.05, 3.63) is 20.7 Å². The molecule has 0 saturated carbocycles. The molecule has 0 aliphatic rings. The smallest absolute Gasteiger partial charge is 0.308 e. The van der Waals surface area contributed by atoms with Crippen molar-refractivity contribution in [2.75, 3.05) is 6.54 Å². The maximum Gasteiger partial charge on any atom is 0.308 e. The van der Waals surface area contributed by atoms with Gasteiger partial charge in [-0.05, 0) is 12.8 Å². The predicted octanol–water partition coefficient (Wildman–Crippen LogP) is 0.691. The molecule has 19 heavy (non-hydrogen) atoms. The number of carbonyl (C=O) groups is 2. The Hall–Kier alpha value is -1.63. The van der Waals surface area contributed by atoms with E-state index in [1.54, 1.807) is 26.2 Å². The van der Waals surface area contributed by atoms with Crippen LogP contribution < -0.4 is 10.2 Å². The van der Waals surface area contributed by atoms with Gasteiger partial charge in [0.25, 0.3) is 0 Å². The summed E-state index contributed by atoms with van der Waals surface area (Å²) in [5.41, 5.74) is 0.726. The Bertz CT molecular complexity index is 518. The second-order valence-electron chi connectivity index (χ2n) is 4.72. The van der Waals surface area contributed by atoms with E-state index in [9.17, 15) is 14.4 Å². The van der Waals surface area contributed by atoms with Gasteiger partial charge in [0.2, 0.25) is 5.91 Å². The Balaban J connectivity index is 2.57. The molecule has 0 aromatic carbocycles. The first-order valence-corrected chi connectivity index (χ1v) is 6.85. The summed E-state index contributed by atoms with van der Waals surface area (Å²) in [6.45, 7) is 5.33. The molecule has 1 aromatic rings. The van der Waals surface area contributed by atoms with Crippen LogP contribution in [-0.2, 0) is 16.1 Å². The summed E-state index contributed by atoms with van der Waals surface area (Å²) >= 11 is 1.04. The Morgan fingerprint density at radius 2 is 2.11 bits per heavy atom. The number of rotatable bonds is 6. The first-order chi connectivity index (χ1) is 8.82. The zero-order valence-electron chi connectivity index (χ0n) is 11.2. The van der Waals surface area contributed by atoms with Gasteiger partial charge in [-0.3, -0.25) is 19.0 Å². The van der Waals surface area contributed by atoms with Crippen molar-refractivity contribution in [3.63, 3.8) is 0 Å². The van der Waals surface area contributed by atoms with Crippen LogP contribution in [0.3, 0.4) is 0 Å². The summed E-state index contributed by atoms with van der Waals surface area (Å²) in [7, 11) is 0. The molecule has 0 aliphatic heterocycles. The minimum absolute atomic E-state index is 0.0663. The van der Waals surface area contributed by atoms with Crippen molar-refractivity contribution in [2.24, 2.45) is 11.8 Å². The maximum absolute atomic E-state index is 11.7. The molecule has 0 bridgehead atoms. The molecule has 1 aromatic heterocycles. The minimum Gasteiger partial charge on any atom is -0.481 e. The third-order valence-corrected chi connectivity index (χ3v) is 3.80. The summed E-state index contributed by atoms with van der Waals surface area (Å²) in [5, 5.41) is 13.2. The van der Waals surface area contributed by atoms with Crippen LogP contribution in [0.2, 0.25) is 0 Å². The highest BCUT2D eigenvalue weighted by atomic mass is 32.1. The van der Waals surface area contributed by atoms with E-state index in [4.69, 9.17) is 5.11 Å². The fraction of sp³-hybridized carbons (Fsp3) is 0.583. The van der Waals surface area contributed by atoms with Crippen LogP contribution >= 0.6 is 11.3 Å². The number of hydrogen-bond acceptors (Lipinski definition) is 4. The van der Waals surface area contributed by atoms with Gasteiger partial charge in [0.05, 0.1) is 5.92 Å². The van der Waals surface area contributed by atoms with Crippen LogP contribution in [0.4, 0.5) is 0 Å². The quantitative estimate of drug-likeness (QED) is 0.805. The first-order valence-electron chi connectivity index (χ1n) is 5.97. The van der Waals surface area contributed by atoms with E-state index < -0.39 is 11.9 Å². The van der Waals surface area contributed by atoms with Gasteiger partial charge in [0.15, 0.2) is 0 Å². The van der Waals surface area contributed by atoms with E-state index >= 15 is 0 Å². The van der Waals surface area contributed by atoms with E-state index in [0.717, 1.165) is 17.0 Å². The van der Waals surface area contributed by atoms with Crippen LogP contribution in [-0.4, -0.2) is 28.1 Å². The molecular weight excluding hydrogens is 268 g/mol. The highest BCUT2D eigenvalue weighted by Gasteiger charge is 2.22. The van der Waals surface area contributed by atoms with E-state index in [-0.39, 0.29) is 29.8 Å². The van der Waals surface area contributed by atoms with Gasteiger partial charge in [0.1, 0.15) is 6.54 Å². The summed E-state index contributed by atoms with van der Waals surface area (Å²) in [6, 6.07) is 0. The van der Waals surface area contributed by atoms with Gasteiger partial charge in [-0.15, -0.1) is 0 Å². The number of hydrogen-bond donors (Lipinski definition) is 2. The Labute approximate surface area is 115 Å². The van der Waals surface area contributed by atoms with Gasteiger partial charge in [-0.1, -0.05) is 25.2 Å². The fourth-order valence-electron chi connectivity index (χ4n) is 1.63. The van der Waals surface area contributed by atoms with Crippen LogP contribution in [0.1, 0.15) is 19.5 Å². The molecule has 106 valence electrons. The average Bonchev–Trinajstić information content (AvgIpc) is 2.60. The highest BCUT2D eigenvalue weighted by Crippen LogP contribution is 2.09. The molecule has 6 nitrogen and oxygen atoms in total. The summed E-state index contributed by atoms with van der Waals surface area (Å²) in [6.07, 6.45) is 0. The monoisotopic (exact) mass is 286 g/mol. The van der Waals surface area contributed by atoms with Crippen molar-refractivity contribution >= 4 is 23.2 Å². The average molecular weight is 286 g/mol. The number of nitrogens with zero attached hydrogens (tertiary/aromatic N) is 1. The van der Waals surface area contributed by atoms with E-state index in [1.165, 1.54) is 4.57 Å². The number of carboxylic acid groups (broad SMARTS) is 1. The van der Waals surface area contributed by atoms with Crippen LogP contribution in [0.15, 0.2) is 10.2 Å². The zero-order chi connectivity index (χ0) is 14.6. The fourth-order valence-corrected chi connectivity index (χ4v) is 2.36. The van der Waals surface area contributed by atoms with E-state index in [1.807, 2.05) is 0 Å². The molecule has 7 heteroatoms. The topological polar surface area (TPSA) is 88.4 Å². The van der Waals surface area contributed by atoms with Crippen molar-refractivity contribution in [2.45, 2.75) is 27.3 Å². The van der Waals surface area contributed by atoms with Gasteiger partial charge in [-0.25, -0.2) is 0 Å². The molecule has 0 spiro atoms. The second kappa shape index (κ2) is 6.51. The standard InChI is InChI=1S/C12H18N2O4S/c1-7(2)9(11(16)17)4-13-10(15)5-14-8(3)6-19-12(14)18/h6-7,9H,4-5H2,1-3H3,(H,13,15)(H,16,17). The molecule has 1 heterocycles. The summed E-state index contributed by atoms with van der Waals surface area (Å²) in [5.74, 6) is -1.97. The minimum atomic E-state index is -0.931.